The third-order valence-corrected chi connectivity index (χ3v) is 3.73. The maximum Gasteiger partial charge on any atom is 0.257 e. The first-order valence-electron chi connectivity index (χ1n) is 6.54. The summed E-state index contributed by atoms with van der Waals surface area (Å²) in [7, 11) is 0. The van der Waals surface area contributed by atoms with Gasteiger partial charge in [-0.3, -0.25) is 9.69 Å². The lowest BCUT2D eigenvalue weighted by atomic mass is 10.0. The predicted octanol–water partition coefficient (Wildman–Crippen LogP) is -0.0283. The van der Waals surface area contributed by atoms with Crippen LogP contribution < -0.4 is 5.73 Å². The van der Waals surface area contributed by atoms with Gasteiger partial charge in [0.1, 0.15) is 6.33 Å². The zero-order valence-electron chi connectivity index (χ0n) is 11.5. The van der Waals surface area contributed by atoms with Crippen LogP contribution in [0, 0.1) is 0 Å². The molecular weight excluding hydrogens is 242 g/mol. The van der Waals surface area contributed by atoms with Gasteiger partial charge in [-0.25, -0.2) is 9.97 Å². The molecule has 6 heteroatoms. The van der Waals surface area contributed by atoms with Crippen molar-refractivity contribution in [3.8, 4) is 0 Å². The zero-order chi connectivity index (χ0) is 13.9. The number of carbonyl (C=O) groups excluding carboxylic acids is 1. The highest BCUT2D eigenvalue weighted by Gasteiger charge is 2.30. The molecule has 0 saturated carbocycles. The van der Waals surface area contributed by atoms with Gasteiger partial charge in [0.15, 0.2) is 0 Å². The summed E-state index contributed by atoms with van der Waals surface area (Å²) in [5.74, 6) is 0.00537. The van der Waals surface area contributed by atoms with E-state index in [2.05, 4.69) is 28.7 Å². The summed E-state index contributed by atoms with van der Waals surface area (Å²) < 4.78 is 0. The minimum absolute atomic E-state index is 0.00537. The molecule has 1 aliphatic rings. The Hall–Kier alpha value is -1.53. The van der Waals surface area contributed by atoms with Crippen LogP contribution in [0.15, 0.2) is 18.7 Å². The molecule has 0 radical (unpaired) electrons. The largest absolute Gasteiger partial charge is 0.336 e. The fraction of sp³-hybridized carbons (Fsp3) is 0.615. The Morgan fingerprint density at radius 1 is 1.26 bits per heavy atom. The molecule has 0 atom stereocenters. The highest BCUT2D eigenvalue weighted by Crippen LogP contribution is 2.16. The number of piperazine rings is 1. The Morgan fingerprint density at radius 3 is 2.37 bits per heavy atom. The highest BCUT2D eigenvalue weighted by atomic mass is 16.2. The molecule has 1 aromatic rings. The van der Waals surface area contributed by atoms with Crippen molar-refractivity contribution < 1.29 is 4.79 Å². The number of aromatic nitrogens is 2. The van der Waals surface area contributed by atoms with E-state index in [-0.39, 0.29) is 11.4 Å². The number of nitrogens with two attached hydrogens (primary N) is 1. The second-order valence-electron chi connectivity index (χ2n) is 5.42. The number of amides is 1. The van der Waals surface area contributed by atoms with Crippen molar-refractivity contribution in [1.82, 2.24) is 19.8 Å². The van der Waals surface area contributed by atoms with E-state index in [1.807, 2.05) is 4.90 Å². The molecule has 0 spiro atoms. The van der Waals surface area contributed by atoms with Gasteiger partial charge in [0, 0.05) is 50.7 Å². The van der Waals surface area contributed by atoms with Crippen LogP contribution in [0.25, 0.3) is 0 Å². The summed E-state index contributed by atoms with van der Waals surface area (Å²) in [6.07, 6.45) is 4.55. The average Bonchev–Trinajstić information content (AvgIpc) is 2.47. The van der Waals surface area contributed by atoms with Crippen molar-refractivity contribution in [2.24, 2.45) is 5.73 Å². The third kappa shape index (κ3) is 3.08. The molecule has 0 aromatic carbocycles. The van der Waals surface area contributed by atoms with Crippen LogP contribution in [0.3, 0.4) is 0 Å². The fourth-order valence-corrected chi connectivity index (χ4v) is 2.24. The quantitative estimate of drug-likeness (QED) is 0.829. The lowest BCUT2D eigenvalue weighted by Crippen LogP contribution is -2.58. The minimum Gasteiger partial charge on any atom is -0.336 e. The summed E-state index contributed by atoms with van der Waals surface area (Å²) >= 11 is 0. The van der Waals surface area contributed by atoms with E-state index >= 15 is 0 Å². The Kier molecular flexibility index (Phi) is 4.11. The summed E-state index contributed by atoms with van der Waals surface area (Å²) in [5, 5.41) is 0. The highest BCUT2D eigenvalue weighted by molar-refractivity contribution is 5.93. The van der Waals surface area contributed by atoms with Gasteiger partial charge in [-0.1, -0.05) is 0 Å². The molecule has 1 fully saturated rings. The lowest BCUT2D eigenvalue weighted by Gasteiger charge is -2.43. The van der Waals surface area contributed by atoms with Crippen molar-refractivity contribution in [3.63, 3.8) is 0 Å². The van der Waals surface area contributed by atoms with Crippen LogP contribution >= 0.6 is 0 Å². The predicted molar refractivity (Wildman–Crippen MR) is 72.6 cm³/mol. The first kappa shape index (κ1) is 13.9. The van der Waals surface area contributed by atoms with Crippen LogP contribution in [-0.2, 0) is 0 Å². The summed E-state index contributed by atoms with van der Waals surface area (Å²) in [6, 6.07) is 0. The Balaban J connectivity index is 1.95. The van der Waals surface area contributed by atoms with Crippen molar-refractivity contribution in [2.45, 2.75) is 19.4 Å². The SMILES string of the molecule is CC(C)(CN)N1CCN(C(=O)c2cncnc2)CC1. The number of rotatable bonds is 3. The molecule has 0 bridgehead atoms. The van der Waals surface area contributed by atoms with Crippen molar-refractivity contribution in [2.75, 3.05) is 32.7 Å². The van der Waals surface area contributed by atoms with E-state index in [0.717, 1.165) is 26.2 Å². The van der Waals surface area contributed by atoms with Crippen molar-refractivity contribution in [1.29, 1.82) is 0 Å². The molecule has 1 amide bonds. The van der Waals surface area contributed by atoms with Crippen LogP contribution in [0.1, 0.15) is 24.2 Å². The van der Waals surface area contributed by atoms with E-state index < -0.39 is 0 Å². The van der Waals surface area contributed by atoms with Crippen LogP contribution in [0.5, 0.6) is 0 Å². The standard InChI is InChI=1S/C13H21N5O/c1-13(2,9-14)18-5-3-17(4-6-18)12(19)11-7-15-10-16-8-11/h7-8,10H,3-6,9,14H2,1-2H3. The third-order valence-electron chi connectivity index (χ3n) is 3.73. The van der Waals surface area contributed by atoms with Gasteiger partial charge in [-0.2, -0.15) is 0 Å². The number of hydrogen-bond acceptors (Lipinski definition) is 5. The smallest absolute Gasteiger partial charge is 0.257 e. The van der Waals surface area contributed by atoms with Crippen molar-refractivity contribution >= 4 is 5.91 Å². The first-order chi connectivity index (χ1) is 9.04. The zero-order valence-corrected chi connectivity index (χ0v) is 11.5. The number of nitrogens with zero attached hydrogens (tertiary/aromatic N) is 4. The average molecular weight is 263 g/mol. The Bertz CT molecular complexity index is 426. The first-order valence-corrected chi connectivity index (χ1v) is 6.54. The van der Waals surface area contributed by atoms with Gasteiger partial charge >= 0.3 is 0 Å². The molecular formula is C13H21N5O. The van der Waals surface area contributed by atoms with E-state index in [0.29, 0.717) is 12.1 Å². The number of hydrogen-bond donors (Lipinski definition) is 1. The summed E-state index contributed by atoms with van der Waals surface area (Å²) in [5.41, 5.74) is 6.33. The van der Waals surface area contributed by atoms with Gasteiger partial charge in [-0.05, 0) is 13.8 Å². The van der Waals surface area contributed by atoms with Gasteiger partial charge < -0.3 is 10.6 Å². The summed E-state index contributed by atoms with van der Waals surface area (Å²) in [4.78, 5) is 24.2. The second kappa shape index (κ2) is 5.63. The molecule has 104 valence electrons. The minimum atomic E-state index is -0.00893. The molecule has 19 heavy (non-hydrogen) atoms. The lowest BCUT2D eigenvalue weighted by molar-refractivity contribution is 0.0425. The second-order valence-corrected chi connectivity index (χ2v) is 5.42. The molecule has 1 aromatic heterocycles. The molecule has 6 nitrogen and oxygen atoms in total. The van der Waals surface area contributed by atoms with E-state index in [1.165, 1.54) is 6.33 Å². The molecule has 0 aliphatic carbocycles. The van der Waals surface area contributed by atoms with Gasteiger partial charge in [0.2, 0.25) is 0 Å². The van der Waals surface area contributed by atoms with E-state index in [1.54, 1.807) is 12.4 Å². The van der Waals surface area contributed by atoms with Crippen LogP contribution in [0.2, 0.25) is 0 Å². The maximum atomic E-state index is 12.2. The molecule has 2 N–H and O–H groups in total. The van der Waals surface area contributed by atoms with Gasteiger partial charge in [-0.15, -0.1) is 0 Å². The molecule has 2 heterocycles. The topological polar surface area (TPSA) is 75.3 Å². The fourth-order valence-electron chi connectivity index (χ4n) is 2.24. The molecule has 1 aliphatic heterocycles. The Morgan fingerprint density at radius 2 is 1.84 bits per heavy atom. The normalized spacial score (nSPS) is 17.5. The monoisotopic (exact) mass is 263 g/mol. The maximum absolute atomic E-state index is 12.2. The van der Waals surface area contributed by atoms with E-state index in [4.69, 9.17) is 5.73 Å². The van der Waals surface area contributed by atoms with E-state index in [9.17, 15) is 4.79 Å². The van der Waals surface area contributed by atoms with Gasteiger partial charge in [0.25, 0.3) is 5.91 Å². The van der Waals surface area contributed by atoms with Gasteiger partial charge in [0.05, 0.1) is 5.56 Å². The number of carbonyl (C=O) groups is 1. The molecule has 1 saturated heterocycles. The van der Waals surface area contributed by atoms with Crippen LogP contribution in [0.4, 0.5) is 0 Å². The molecule has 2 rings (SSSR count). The Labute approximate surface area is 113 Å². The van der Waals surface area contributed by atoms with Crippen LogP contribution in [-0.4, -0.2) is 63.9 Å². The molecule has 0 unspecified atom stereocenters. The summed E-state index contributed by atoms with van der Waals surface area (Å²) in [6.45, 7) is 8.03. The van der Waals surface area contributed by atoms with Crippen molar-refractivity contribution in [3.05, 3.63) is 24.3 Å².